The zero-order valence-electron chi connectivity index (χ0n) is 15.8. The quantitative estimate of drug-likeness (QED) is 0.467. The monoisotopic (exact) mass is 392 g/mol. The van der Waals surface area contributed by atoms with Crippen LogP contribution < -0.4 is 15.6 Å². The lowest BCUT2D eigenvalue weighted by molar-refractivity contribution is -0.127. The molecule has 0 saturated heterocycles. The Bertz CT molecular complexity index is 1000. The molecule has 2 amide bonds. The summed E-state index contributed by atoms with van der Waals surface area (Å²) in [7, 11) is 0. The van der Waals surface area contributed by atoms with E-state index in [-0.39, 0.29) is 6.54 Å². The summed E-state index contributed by atoms with van der Waals surface area (Å²) in [6.45, 7) is 2.22. The van der Waals surface area contributed by atoms with Gasteiger partial charge in [0.25, 0.3) is 11.8 Å². The van der Waals surface area contributed by atoms with Gasteiger partial charge in [-0.3, -0.25) is 20.4 Å². The topological polar surface area (TPSA) is 111 Å². The van der Waals surface area contributed by atoms with E-state index in [4.69, 9.17) is 4.74 Å². The number of benzene rings is 2. The number of rotatable bonds is 7. The molecule has 2 N–H and O–H groups in total. The lowest BCUT2D eigenvalue weighted by Crippen LogP contribution is -2.42. The van der Waals surface area contributed by atoms with Crippen molar-refractivity contribution in [1.29, 1.82) is 0 Å². The molecule has 0 aliphatic rings. The van der Waals surface area contributed by atoms with E-state index < -0.39 is 11.8 Å². The van der Waals surface area contributed by atoms with Crippen LogP contribution in [0.25, 0.3) is 17.5 Å². The van der Waals surface area contributed by atoms with Crippen molar-refractivity contribution in [2.45, 2.75) is 13.5 Å². The van der Waals surface area contributed by atoms with Crippen LogP contribution in [0.5, 0.6) is 5.75 Å². The van der Waals surface area contributed by atoms with E-state index in [9.17, 15) is 9.59 Å². The van der Waals surface area contributed by atoms with Crippen LogP contribution >= 0.6 is 0 Å². The van der Waals surface area contributed by atoms with Crippen molar-refractivity contribution in [2.75, 3.05) is 6.61 Å². The number of carbonyl (C=O) groups is 2. The van der Waals surface area contributed by atoms with Crippen LogP contribution in [0.1, 0.15) is 12.5 Å². The standard InChI is InChI=1S/C20H20N6O3/c1-2-29-17-11-7-6-8-15(17)12-13-18(27)21-22-19(28)14-26-24-20(23-25-26)16-9-4-3-5-10-16/h3-13H,2,14H2,1H3,(H,21,27)(H,22,28)/b13-12+. The number of nitrogens with zero attached hydrogens (tertiary/aromatic N) is 4. The summed E-state index contributed by atoms with van der Waals surface area (Å²) in [4.78, 5) is 25.1. The third kappa shape index (κ3) is 5.73. The number of ether oxygens (including phenoxy) is 1. The highest BCUT2D eigenvalue weighted by Gasteiger charge is 2.09. The Morgan fingerprint density at radius 1 is 1.07 bits per heavy atom. The van der Waals surface area contributed by atoms with E-state index in [0.717, 1.165) is 15.9 Å². The lowest BCUT2D eigenvalue weighted by Gasteiger charge is -2.06. The third-order valence-electron chi connectivity index (χ3n) is 3.73. The predicted octanol–water partition coefficient (Wildman–Crippen LogP) is 1.60. The normalized spacial score (nSPS) is 10.7. The molecule has 3 aromatic rings. The van der Waals surface area contributed by atoms with Crippen LogP contribution in [0, 0.1) is 0 Å². The Balaban J connectivity index is 1.49. The van der Waals surface area contributed by atoms with Crippen LogP contribution in [0.2, 0.25) is 0 Å². The van der Waals surface area contributed by atoms with Gasteiger partial charge in [0, 0.05) is 17.2 Å². The smallest absolute Gasteiger partial charge is 0.262 e. The molecule has 29 heavy (non-hydrogen) atoms. The van der Waals surface area contributed by atoms with Crippen molar-refractivity contribution in [2.24, 2.45) is 0 Å². The van der Waals surface area contributed by atoms with Crippen LogP contribution in [0.3, 0.4) is 0 Å². The number of nitrogens with one attached hydrogen (secondary N) is 2. The maximum atomic E-state index is 12.0. The molecule has 0 aliphatic heterocycles. The first-order chi connectivity index (χ1) is 14.2. The molecule has 0 atom stereocenters. The maximum Gasteiger partial charge on any atom is 0.262 e. The molecule has 9 heteroatoms. The fraction of sp³-hybridized carbons (Fsp3) is 0.150. The number of carbonyl (C=O) groups excluding carboxylic acids is 2. The molecule has 0 fully saturated rings. The fourth-order valence-corrected chi connectivity index (χ4v) is 2.42. The average molecular weight is 392 g/mol. The summed E-state index contributed by atoms with van der Waals surface area (Å²) in [5, 5.41) is 11.9. The van der Waals surface area contributed by atoms with E-state index >= 15 is 0 Å². The Morgan fingerprint density at radius 3 is 2.62 bits per heavy atom. The SMILES string of the molecule is CCOc1ccccc1/C=C/C(=O)NNC(=O)Cn1nnc(-c2ccccc2)n1. The number of tetrazole rings is 1. The third-order valence-corrected chi connectivity index (χ3v) is 3.73. The van der Waals surface area contributed by atoms with E-state index in [1.54, 1.807) is 6.08 Å². The number of amides is 2. The number of para-hydroxylation sites is 1. The van der Waals surface area contributed by atoms with Gasteiger partial charge < -0.3 is 4.74 Å². The second-order valence-corrected chi connectivity index (χ2v) is 5.85. The highest BCUT2D eigenvalue weighted by Crippen LogP contribution is 2.19. The second-order valence-electron chi connectivity index (χ2n) is 5.85. The second kappa shape index (κ2) is 9.79. The average Bonchev–Trinajstić information content (AvgIpc) is 3.21. The molecular formula is C20H20N6O3. The minimum absolute atomic E-state index is 0.184. The number of aromatic nitrogens is 4. The number of hydrazine groups is 1. The lowest BCUT2D eigenvalue weighted by atomic mass is 10.2. The Morgan fingerprint density at radius 2 is 1.83 bits per heavy atom. The van der Waals surface area contributed by atoms with Gasteiger partial charge in [-0.25, -0.2) is 0 Å². The van der Waals surface area contributed by atoms with Crippen molar-refractivity contribution in [3.63, 3.8) is 0 Å². The van der Waals surface area contributed by atoms with Gasteiger partial charge in [-0.2, -0.15) is 4.80 Å². The van der Waals surface area contributed by atoms with Gasteiger partial charge in [-0.05, 0) is 24.3 Å². The summed E-state index contributed by atoms with van der Waals surface area (Å²) in [6, 6.07) is 16.6. The summed E-state index contributed by atoms with van der Waals surface area (Å²) >= 11 is 0. The highest BCUT2D eigenvalue weighted by atomic mass is 16.5. The summed E-state index contributed by atoms with van der Waals surface area (Å²) in [5.41, 5.74) is 6.17. The van der Waals surface area contributed by atoms with Gasteiger partial charge in [0.2, 0.25) is 5.82 Å². The first kappa shape index (κ1) is 19.7. The Hall–Kier alpha value is -4.01. The van der Waals surface area contributed by atoms with Crippen molar-refractivity contribution in [1.82, 2.24) is 31.1 Å². The summed E-state index contributed by atoms with van der Waals surface area (Å²) < 4.78 is 5.49. The molecular weight excluding hydrogens is 372 g/mol. The van der Waals surface area contributed by atoms with Crippen molar-refractivity contribution in [3.8, 4) is 17.1 Å². The number of hydrogen-bond acceptors (Lipinski definition) is 6. The molecule has 3 rings (SSSR count). The van der Waals surface area contributed by atoms with E-state index in [2.05, 4.69) is 26.3 Å². The zero-order valence-corrected chi connectivity index (χ0v) is 15.8. The summed E-state index contributed by atoms with van der Waals surface area (Å²) in [5.74, 6) is 0.118. The van der Waals surface area contributed by atoms with Crippen LogP contribution in [0.4, 0.5) is 0 Å². The number of hydrogen-bond donors (Lipinski definition) is 2. The fourth-order valence-electron chi connectivity index (χ4n) is 2.42. The van der Waals surface area contributed by atoms with Gasteiger partial charge in [0.05, 0.1) is 6.61 Å². The maximum absolute atomic E-state index is 12.0. The molecule has 148 valence electrons. The largest absolute Gasteiger partial charge is 0.493 e. The van der Waals surface area contributed by atoms with E-state index in [1.807, 2.05) is 61.5 Å². The van der Waals surface area contributed by atoms with Gasteiger partial charge in [-0.15, -0.1) is 10.2 Å². The van der Waals surface area contributed by atoms with Crippen LogP contribution in [-0.4, -0.2) is 38.6 Å². The molecule has 0 bridgehead atoms. The first-order valence-corrected chi connectivity index (χ1v) is 8.97. The molecule has 1 heterocycles. The molecule has 0 unspecified atom stereocenters. The molecule has 9 nitrogen and oxygen atoms in total. The van der Waals surface area contributed by atoms with Gasteiger partial charge in [0.1, 0.15) is 12.3 Å². The first-order valence-electron chi connectivity index (χ1n) is 8.97. The molecule has 2 aromatic carbocycles. The highest BCUT2D eigenvalue weighted by molar-refractivity contribution is 5.93. The zero-order chi connectivity index (χ0) is 20.5. The molecule has 1 aromatic heterocycles. The minimum atomic E-state index is -0.488. The molecule has 0 saturated carbocycles. The Kier molecular flexibility index (Phi) is 6.66. The minimum Gasteiger partial charge on any atom is -0.493 e. The Labute approximate surface area is 167 Å². The molecule has 0 aliphatic carbocycles. The van der Waals surface area contributed by atoms with Gasteiger partial charge >= 0.3 is 0 Å². The summed E-state index contributed by atoms with van der Waals surface area (Å²) in [6.07, 6.45) is 2.91. The van der Waals surface area contributed by atoms with Crippen molar-refractivity contribution >= 4 is 17.9 Å². The molecule has 0 spiro atoms. The van der Waals surface area contributed by atoms with Crippen molar-refractivity contribution in [3.05, 3.63) is 66.2 Å². The van der Waals surface area contributed by atoms with E-state index in [0.29, 0.717) is 18.2 Å². The van der Waals surface area contributed by atoms with Crippen LogP contribution in [-0.2, 0) is 16.1 Å². The molecule has 0 radical (unpaired) electrons. The van der Waals surface area contributed by atoms with E-state index in [1.165, 1.54) is 6.08 Å². The van der Waals surface area contributed by atoms with Gasteiger partial charge in [-0.1, -0.05) is 48.5 Å². The van der Waals surface area contributed by atoms with Crippen molar-refractivity contribution < 1.29 is 14.3 Å². The predicted molar refractivity (Wildman–Crippen MR) is 106 cm³/mol. The van der Waals surface area contributed by atoms with Gasteiger partial charge in [0.15, 0.2) is 0 Å². The van der Waals surface area contributed by atoms with Crippen LogP contribution in [0.15, 0.2) is 60.7 Å².